The molecule has 0 radical (unpaired) electrons. The van der Waals surface area contributed by atoms with Gasteiger partial charge in [-0.05, 0) is 46.0 Å². The van der Waals surface area contributed by atoms with Crippen molar-refractivity contribution in [3.05, 3.63) is 35.9 Å². The number of amides is 1. The van der Waals surface area contributed by atoms with E-state index in [9.17, 15) is 4.79 Å². The van der Waals surface area contributed by atoms with E-state index in [4.69, 9.17) is 0 Å². The second kappa shape index (κ2) is 8.30. The van der Waals surface area contributed by atoms with Gasteiger partial charge in [-0.1, -0.05) is 30.3 Å². The number of hydrogen-bond acceptors (Lipinski definition) is 4. The predicted octanol–water partition coefficient (Wildman–Crippen LogP) is 1.57. The van der Waals surface area contributed by atoms with Gasteiger partial charge in [0, 0.05) is 31.7 Å². The van der Waals surface area contributed by atoms with E-state index in [1.165, 1.54) is 24.9 Å². The monoisotopic (exact) mass is 344 g/mol. The zero-order valence-corrected chi connectivity index (χ0v) is 15.8. The maximum Gasteiger partial charge on any atom is 0.234 e. The number of nitrogens with zero attached hydrogens (tertiary/aromatic N) is 3. The molecule has 5 heteroatoms. The van der Waals surface area contributed by atoms with Crippen LogP contribution in [0.1, 0.15) is 31.4 Å². The van der Waals surface area contributed by atoms with Crippen LogP contribution in [0, 0.1) is 0 Å². The van der Waals surface area contributed by atoms with E-state index in [0.717, 1.165) is 13.1 Å². The zero-order valence-electron chi connectivity index (χ0n) is 15.8. The molecule has 0 bridgehead atoms. The standard InChI is InChI=1S/C20H32N4O/c1-16-13-23-11-7-10-18(23)14-24(16)15-20(25)21-12-19(22(2)3)17-8-5-4-6-9-17/h4-6,8-9,16,18-19H,7,10-15H2,1-3H3,(H,21,25)/t16-,18-,19-/m1/s1. The fourth-order valence-corrected chi connectivity index (χ4v) is 4.19. The van der Waals surface area contributed by atoms with Crippen LogP contribution >= 0.6 is 0 Å². The summed E-state index contributed by atoms with van der Waals surface area (Å²) in [6.45, 7) is 6.77. The summed E-state index contributed by atoms with van der Waals surface area (Å²) in [5.41, 5.74) is 1.24. The first-order valence-electron chi connectivity index (χ1n) is 9.50. The van der Waals surface area contributed by atoms with E-state index in [2.05, 4.69) is 65.3 Å². The van der Waals surface area contributed by atoms with Gasteiger partial charge in [-0.3, -0.25) is 14.6 Å². The number of fused-ring (bicyclic) bond motifs is 1. The lowest BCUT2D eigenvalue weighted by atomic mass is 10.1. The Kier molecular flexibility index (Phi) is 6.10. The summed E-state index contributed by atoms with van der Waals surface area (Å²) in [4.78, 5) is 19.6. The van der Waals surface area contributed by atoms with Gasteiger partial charge in [0.15, 0.2) is 0 Å². The van der Waals surface area contributed by atoms with Crippen LogP contribution in [0.3, 0.4) is 0 Å². The van der Waals surface area contributed by atoms with E-state index in [1.54, 1.807) is 0 Å². The van der Waals surface area contributed by atoms with Crippen molar-refractivity contribution in [1.82, 2.24) is 20.0 Å². The van der Waals surface area contributed by atoms with Gasteiger partial charge in [-0.2, -0.15) is 0 Å². The fraction of sp³-hybridized carbons (Fsp3) is 0.650. The van der Waals surface area contributed by atoms with Gasteiger partial charge < -0.3 is 10.2 Å². The molecular formula is C20H32N4O. The normalized spacial score (nSPS) is 25.8. The third kappa shape index (κ3) is 4.60. The molecule has 1 amide bonds. The Labute approximate surface area is 152 Å². The predicted molar refractivity (Wildman–Crippen MR) is 102 cm³/mol. The van der Waals surface area contributed by atoms with Crippen LogP contribution in [0.5, 0.6) is 0 Å². The van der Waals surface area contributed by atoms with Crippen molar-refractivity contribution in [2.24, 2.45) is 0 Å². The highest BCUT2D eigenvalue weighted by atomic mass is 16.2. The van der Waals surface area contributed by atoms with E-state index in [1.807, 2.05) is 6.07 Å². The van der Waals surface area contributed by atoms with Crippen molar-refractivity contribution in [3.63, 3.8) is 0 Å². The molecule has 0 aliphatic carbocycles. The molecule has 2 fully saturated rings. The quantitative estimate of drug-likeness (QED) is 0.850. The topological polar surface area (TPSA) is 38.8 Å². The third-order valence-corrected chi connectivity index (χ3v) is 5.71. The molecule has 2 saturated heterocycles. The number of carbonyl (C=O) groups is 1. The van der Waals surface area contributed by atoms with Crippen LogP contribution in [0.2, 0.25) is 0 Å². The number of hydrogen-bond donors (Lipinski definition) is 1. The molecule has 3 rings (SSSR count). The van der Waals surface area contributed by atoms with Gasteiger partial charge in [0.05, 0.1) is 12.6 Å². The van der Waals surface area contributed by atoms with E-state index >= 15 is 0 Å². The molecule has 0 saturated carbocycles. The first-order valence-corrected chi connectivity index (χ1v) is 9.50. The average molecular weight is 345 g/mol. The molecule has 5 nitrogen and oxygen atoms in total. The smallest absolute Gasteiger partial charge is 0.234 e. The average Bonchev–Trinajstić information content (AvgIpc) is 3.03. The summed E-state index contributed by atoms with van der Waals surface area (Å²) in [7, 11) is 4.12. The Morgan fingerprint density at radius 2 is 2.04 bits per heavy atom. The van der Waals surface area contributed by atoms with Gasteiger partial charge in [0.25, 0.3) is 0 Å². The molecule has 1 aromatic carbocycles. The molecular weight excluding hydrogens is 312 g/mol. The van der Waals surface area contributed by atoms with Crippen molar-refractivity contribution in [1.29, 1.82) is 0 Å². The molecule has 0 unspecified atom stereocenters. The highest BCUT2D eigenvalue weighted by Gasteiger charge is 2.34. The SMILES string of the molecule is C[C@@H]1CN2CCC[C@@H]2CN1CC(=O)NC[C@H](c1ccccc1)N(C)C. The fourth-order valence-electron chi connectivity index (χ4n) is 4.19. The summed E-state index contributed by atoms with van der Waals surface area (Å²) in [6, 6.07) is 11.7. The molecule has 1 N–H and O–H groups in total. The Hall–Kier alpha value is -1.43. The van der Waals surface area contributed by atoms with Crippen LogP contribution in [0.4, 0.5) is 0 Å². The number of carbonyl (C=O) groups excluding carboxylic acids is 1. The van der Waals surface area contributed by atoms with Crippen LogP contribution in [-0.2, 0) is 4.79 Å². The maximum atomic E-state index is 12.5. The summed E-state index contributed by atoms with van der Waals surface area (Å²) in [5, 5.41) is 3.15. The summed E-state index contributed by atoms with van der Waals surface area (Å²) in [6.07, 6.45) is 2.58. The lowest BCUT2D eigenvalue weighted by Crippen LogP contribution is -2.57. The molecule has 0 aromatic heterocycles. The molecule has 25 heavy (non-hydrogen) atoms. The molecule has 0 spiro atoms. The summed E-state index contributed by atoms with van der Waals surface area (Å²) in [5.74, 6) is 0.140. The van der Waals surface area contributed by atoms with Crippen molar-refractivity contribution in [3.8, 4) is 0 Å². The Balaban J connectivity index is 1.51. The van der Waals surface area contributed by atoms with Gasteiger partial charge in [0.2, 0.25) is 5.91 Å². The Morgan fingerprint density at radius 3 is 2.76 bits per heavy atom. The highest BCUT2D eigenvalue weighted by molar-refractivity contribution is 5.78. The molecule has 138 valence electrons. The first kappa shape index (κ1) is 18.4. The van der Waals surface area contributed by atoms with E-state index in [-0.39, 0.29) is 11.9 Å². The van der Waals surface area contributed by atoms with Crippen molar-refractivity contribution < 1.29 is 4.79 Å². The van der Waals surface area contributed by atoms with E-state index < -0.39 is 0 Å². The number of nitrogens with one attached hydrogen (secondary N) is 1. The van der Waals surface area contributed by atoms with Crippen LogP contribution in [0.25, 0.3) is 0 Å². The molecule has 2 heterocycles. The van der Waals surface area contributed by atoms with Gasteiger partial charge in [0.1, 0.15) is 0 Å². The molecule has 2 aliphatic heterocycles. The van der Waals surface area contributed by atoms with Gasteiger partial charge in [-0.25, -0.2) is 0 Å². The molecule has 3 atom stereocenters. The first-order chi connectivity index (χ1) is 12.0. The lowest BCUT2D eigenvalue weighted by molar-refractivity contribution is -0.123. The Bertz CT molecular complexity index is 562. The molecule has 2 aliphatic rings. The second-order valence-electron chi connectivity index (χ2n) is 7.76. The number of likely N-dealkylation sites (N-methyl/N-ethyl adjacent to an activating group) is 1. The van der Waals surface area contributed by atoms with Crippen LogP contribution in [0.15, 0.2) is 30.3 Å². The zero-order chi connectivity index (χ0) is 17.8. The minimum atomic E-state index is 0.140. The number of benzene rings is 1. The number of rotatable bonds is 6. The Morgan fingerprint density at radius 1 is 1.28 bits per heavy atom. The largest absolute Gasteiger partial charge is 0.353 e. The van der Waals surface area contributed by atoms with Gasteiger partial charge >= 0.3 is 0 Å². The summed E-state index contributed by atoms with van der Waals surface area (Å²) < 4.78 is 0. The van der Waals surface area contributed by atoms with Gasteiger partial charge in [-0.15, -0.1) is 0 Å². The minimum Gasteiger partial charge on any atom is -0.353 e. The van der Waals surface area contributed by atoms with Crippen LogP contribution < -0.4 is 5.32 Å². The molecule has 1 aromatic rings. The second-order valence-corrected chi connectivity index (χ2v) is 7.76. The highest BCUT2D eigenvalue weighted by Crippen LogP contribution is 2.24. The maximum absolute atomic E-state index is 12.5. The van der Waals surface area contributed by atoms with Crippen molar-refractivity contribution >= 4 is 5.91 Å². The summed E-state index contributed by atoms with van der Waals surface area (Å²) >= 11 is 0. The van der Waals surface area contributed by atoms with Crippen LogP contribution in [-0.4, -0.2) is 79.5 Å². The van der Waals surface area contributed by atoms with Crippen molar-refractivity contribution in [2.75, 3.05) is 46.8 Å². The number of piperazine rings is 1. The van der Waals surface area contributed by atoms with Crippen molar-refractivity contribution in [2.45, 2.75) is 37.9 Å². The lowest BCUT2D eigenvalue weighted by Gasteiger charge is -2.42. The third-order valence-electron chi connectivity index (χ3n) is 5.71. The van der Waals surface area contributed by atoms with E-state index in [0.29, 0.717) is 25.2 Å². The minimum absolute atomic E-state index is 0.140.